The first-order valence-corrected chi connectivity index (χ1v) is 3.76. The lowest BCUT2D eigenvalue weighted by molar-refractivity contribution is -0.152. The Balaban J connectivity index is 2.35. The van der Waals surface area contributed by atoms with Crippen molar-refractivity contribution >= 4 is 0 Å². The van der Waals surface area contributed by atoms with Crippen LogP contribution in [-0.4, -0.2) is 31.9 Å². The summed E-state index contributed by atoms with van der Waals surface area (Å²) in [6.07, 6.45) is -4.06. The highest BCUT2D eigenvalue weighted by Gasteiger charge is 2.43. The molecule has 6 heteroatoms. The molecular formula is C6H12F3N3. The third kappa shape index (κ3) is 2.33. The largest absolute Gasteiger partial charge is 0.405 e. The van der Waals surface area contributed by atoms with E-state index in [1.807, 2.05) is 0 Å². The van der Waals surface area contributed by atoms with Crippen LogP contribution in [0.5, 0.6) is 0 Å². The molecule has 2 unspecified atom stereocenters. The second-order valence-electron chi connectivity index (χ2n) is 2.87. The number of likely N-dealkylation sites (N-methyl/N-ethyl adjacent to an activating group) is 1. The molecule has 3 nitrogen and oxygen atoms in total. The second kappa shape index (κ2) is 3.59. The molecule has 3 N–H and O–H groups in total. The van der Waals surface area contributed by atoms with Crippen LogP contribution in [0.3, 0.4) is 0 Å². The predicted molar refractivity (Wildman–Crippen MR) is 38.4 cm³/mol. The minimum Gasteiger partial charge on any atom is -0.318 e. The smallest absolute Gasteiger partial charge is 0.318 e. The molecule has 1 fully saturated rings. The number of hydrazine groups is 1. The molecule has 12 heavy (non-hydrogen) atoms. The predicted octanol–water partition coefficient (Wildman–Crippen LogP) is 0.00320. The first-order chi connectivity index (χ1) is 5.54. The molecule has 0 aromatic heterocycles. The fourth-order valence-electron chi connectivity index (χ4n) is 1.22. The number of hydrogen-bond acceptors (Lipinski definition) is 3. The van der Waals surface area contributed by atoms with Crippen molar-refractivity contribution in [2.24, 2.45) is 0 Å². The van der Waals surface area contributed by atoms with Crippen LogP contribution in [-0.2, 0) is 0 Å². The summed E-state index contributed by atoms with van der Waals surface area (Å²) in [6.45, 7) is 0.541. The molecule has 1 saturated heterocycles. The molecule has 0 bridgehead atoms. The summed E-state index contributed by atoms with van der Waals surface area (Å²) in [6, 6.07) is -1.54. The van der Waals surface area contributed by atoms with Crippen LogP contribution in [0.25, 0.3) is 0 Å². The lowest BCUT2D eigenvalue weighted by Gasteiger charge is -2.12. The Morgan fingerprint density at radius 1 is 1.42 bits per heavy atom. The van der Waals surface area contributed by atoms with Gasteiger partial charge in [0.25, 0.3) is 0 Å². The van der Waals surface area contributed by atoms with Crippen molar-refractivity contribution in [1.82, 2.24) is 16.2 Å². The first-order valence-electron chi connectivity index (χ1n) is 3.76. The van der Waals surface area contributed by atoms with E-state index in [-0.39, 0.29) is 12.5 Å². The van der Waals surface area contributed by atoms with Gasteiger partial charge in [-0.15, -0.1) is 0 Å². The highest BCUT2D eigenvalue weighted by molar-refractivity contribution is 4.86. The Morgan fingerprint density at radius 3 is 2.50 bits per heavy atom. The molecule has 0 saturated carbocycles. The number of rotatable bonds is 2. The number of halogens is 3. The van der Waals surface area contributed by atoms with Crippen molar-refractivity contribution in [3.8, 4) is 0 Å². The molecule has 1 aliphatic heterocycles. The summed E-state index contributed by atoms with van der Waals surface area (Å²) < 4.78 is 36.2. The molecule has 1 heterocycles. The maximum atomic E-state index is 12.1. The summed E-state index contributed by atoms with van der Waals surface area (Å²) in [5.74, 6) is 0. The number of nitrogens with one attached hydrogen (secondary N) is 3. The molecule has 0 radical (unpaired) electrons. The summed E-state index contributed by atoms with van der Waals surface area (Å²) in [5, 5.41) is 2.81. The van der Waals surface area contributed by atoms with Gasteiger partial charge in [-0.05, 0) is 13.5 Å². The van der Waals surface area contributed by atoms with Crippen LogP contribution in [0, 0.1) is 0 Å². The topological polar surface area (TPSA) is 36.1 Å². The van der Waals surface area contributed by atoms with Crippen LogP contribution in [0.4, 0.5) is 13.2 Å². The van der Waals surface area contributed by atoms with Crippen molar-refractivity contribution < 1.29 is 13.2 Å². The Kier molecular flexibility index (Phi) is 2.92. The average Bonchev–Trinajstić information content (AvgIpc) is 2.35. The van der Waals surface area contributed by atoms with Crippen molar-refractivity contribution in [3.05, 3.63) is 0 Å². The SMILES string of the molecule is CNCC1CC(C(F)(F)F)NN1. The molecular weight excluding hydrogens is 171 g/mol. The van der Waals surface area contributed by atoms with Crippen molar-refractivity contribution in [1.29, 1.82) is 0 Å². The van der Waals surface area contributed by atoms with Crippen molar-refractivity contribution in [2.45, 2.75) is 24.7 Å². The Bertz CT molecular complexity index is 147. The van der Waals surface area contributed by atoms with E-state index in [4.69, 9.17) is 0 Å². The zero-order valence-electron chi connectivity index (χ0n) is 6.70. The molecule has 0 aromatic carbocycles. The summed E-state index contributed by atoms with van der Waals surface area (Å²) in [7, 11) is 1.71. The van der Waals surface area contributed by atoms with E-state index >= 15 is 0 Å². The standard InChI is InChI=1S/C6H12F3N3/c1-10-3-4-2-5(12-11-4)6(7,8)9/h4-5,10-12H,2-3H2,1H3. The van der Waals surface area contributed by atoms with Crippen molar-refractivity contribution in [3.63, 3.8) is 0 Å². The molecule has 0 amide bonds. The average molecular weight is 183 g/mol. The van der Waals surface area contributed by atoms with Crippen LogP contribution in [0.1, 0.15) is 6.42 Å². The van der Waals surface area contributed by atoms with Crippen LogP contribution in [0.15, 0.2) is 0 Å². The minimum atomic E-state index is -4.14. The van der Waals surface area contributed by atoms with E-state index in [0.29, 0.717) is 6.54 Å². The minimum absolute atomic E-state index is 0.0876. The summed E-state index contributed by atoms with van der Waals surface area (Å²) in [4.78, 5) is 0. The van der Waals surface area contributed by atoms with Crippen LogP contribution < -0.4 is 16.2 Å². The molecule has 2 atom stereocenters. The van der Waals surface area contributed by atoms with Crippen molar-refractivity contribution in [2.75, 3.05) is 13.6 Å². The fourth-order valence-corrected chi connectivity index (χ4v) is 1.22. The van der Waals surface area contributed by atoms with Gasteiger partial charge in [0.05, 0.1) is 0 Å². The normalized spacial score (nSPS) is 31.0. The van der Waals surface area contributed by atoms with Gasteiger partial charge in [0, 0.05) is 12.6 Å². The van der Waals surface area contributed by atoms with Gasteiger partial charge in [-0.3, -0.25) is 5.43 Å². The van der Waals surface area contributed by atoms with E-state index in [1.54, 1.807) is 7.05 Å². The lowest BCUT2D eigenvalue weighted by atomic mass is 10.1. The van der Waals surface area contributed by atoms with E-state index < -0.39 is 12.2 Å². The van der Waals surface area contributed by atoms with Gasteiger partial charge in [0.2, 0.25) is 0 Å². The quantitative estimate of drug-likeness (QED) is 0.564. The van der Waals surface area contributed by atoms with Gasteiger partial charge in [-0.1, -0.05) is 0 Å². The third-order valence-corrected chi connectivity index (χ3v) is 1.83. The maximum Gasteiger partial charge on any atom is 0.405 e. The Hall–Kier alpha value is -0.330. The second-order valence-corrected chi connectivity index (χ2v) is 2.87. The number of hydrogen-bond donors (Lipinski definition) is 3. The molecule has 72 valence electrons. The highest BCUT2D eigenvalue weighted by atomic mass is 19.4. The molecule has 0 spiro atoms. The van der Waals surface area contributed by atoms with Gasteiger partial charge in [-0.25, -0.2) is 5.43 Å². The fraction of sp³-hybridized carbons (Fsp3) is 1.00. The summed E-state index contributed by atoms with van der Waals surface area (Å²) in [5.41, 5.74) is 4.80. The molecule has 1 aliphatic rings. The van der Waals surface area contributed by atoms with Gasteiger partial charge in [0.1, 0.15) is 6.04 Å². The first kappa shape index (κ1) is 9.76. The third-order valence-electron chi connectivity index (χ3n) is 1.83. The van der Waals surface area contributed by atoms with Crippen LogP contribution in [0.2, 0.25) is 0 Å². The highest BCUT2D eigenvalue weighted by Crippen LogP contribution is 2.25. The zero-order chi connectivity index (χ0) is 9.19. The van der Waals surface area contributed by atoms with Gasteiger partial charge in [-0.2, -0.15) is 13.2 Å². The van der Waals surface area contributed by atoms with E-state index in [2.05, 4.69) is 16.2 Å². The molecule has 1 rings (SSSR count). The molecule has 0 aromatic rings. The Morgan fingerprint density at radius 2 is 2.08 bits per heavy atom. The Labute approximate surface area is 68.7 Å². The maximum absolute atomic E-state index is 12.1. The van der Waals surface area contributed by atoms with E-state index in [9.17, 15) is 13.2 Å². The lowest BCUT2D eigenvalue weighted by Crippen LogP contribution is -2.42. The van der Waals surface area contributed by atoms with Gasteiger partial charge >= 0.3 is 6.18 Å². The van der Waals surface area contributed by atoms with Gasteiger partial charge in [0.15, 0.2) is 0 Å². The molecule has 0 aliphatic carbocycles. The monoisotopic (exact) mass is 183 g/mol. The summed E-state index contributed by atoms with van der Waals surface area (Å²) >= 11 is 0. The van der Waals surface area contributed by atoms with Crippen LogP contribution >= 0.6 is 0 Å². The van der Waals surface area contributed by atoms with E-state index in [1.165, 1.54) is 0 Å². The van der Waals surface area contributed by atoms with Gasteiger partial charge < -0.3 is 5.32 Å². The number of alkyl halides is 3. The van der Waals surface area contributed by atoms with E-state index in [0.717, 1.165) is 0 Å². The zero-order valence-corrected chi connectivity index (χ0v) is 6.70.